The van der Waals surface area contributed by atoms with Gasteiger partial charge in [-0.05, 0) is 86.9 Å². The van der Waals surface area contributed by atoms with Crippen LogP contribution in [0.3, 0.4) is 0 Å². The number of benzene rings is 1. The van der Waals surface area contributed by atoms with Gasteiger partial charge in [0.15, 0.2) is 0 Å². The fourth-order valence-electron chi connectivity index (χ4n) is 5.67. The Balaban J connectivity index is 0.00000180. The van der Waals surface area contributed by atoms with Crippen LogP contribution in [0.4, 0.5) is 0 Å². The minimum absolute atomic E-state index is 0. The molecule has 1 aromatic rings. The molecule has 0 N–H and O–H groups in total. The Hall–Kier alpha value is -1.06. The summed E-state index contributed by atoms with van der Waals surface area (Å²) in [6, 6.07) is 9.50. The van der Waals surface area contributed by atoms with Crippen LogP contribution in [0.25, 0.3) is 0 Å². The first-order chi connectivity index (χ1) is 12.8. The van der Waals surface area contributed by atoms with Crippen LogP contribution in [-0.4, -0.2) is 48.4 Å². The predicted octanol–water partition coefficient (Wildman–Crippen LogP) is 4.11. The Kier molecular flexibility index (Phi) is 5.80. The smallest absolute Gasteiger partial charge is 0.225 e. The molecule has 2 aliphatic carbocycles. The van der Waals surface area contributed by atoms with E-state index in [0.717, 1.165) is 31.8 Å². The Morgan fingerprint density at radius 3 is 2.41 bits per heavy atom. The van der Waals surface area contributed by atoms with E-state index in [0.29, 0.717) is 23.7 Å². The van der Waals surface area contributed by atoms with E-state index in [1.165, 1.54) is 62.9 Å². The highest BCUT2D eigenvalue weighted by molar-refractivity contribution is 5.85. The lowest BCUT2D eigenvalue weighted by Gasteiger charge is -2.21. The lowest BCUT2D eigenvalue weighted by Crippen LogP contribution is -2.31. The number of likely N-dealkylation sites (tertiary alicyclic amines) is 2. The van der Waals surface area contributed by atoms with Gasteiger partial charge in [-0.15, -0.1) is 12.4 Å². The van der Waals surface area contributed by atoms with Crippen LogP contribution in [0, 0.1) is 17.8 Å². The van der Waals surface area contributed by atoms with Crippen LogP contribution in [0.2, 0.25) is 0 Å². The maximum Gasteiger partial charge on any atom is 0.225 e. The van der Waals surface area contributed by atoms with Crippen LogP contribution in [0.15, 0.2) is 24.3 Å². The van der Waals surface area contributed by atoms with E-state index in [4.69, 9.17) is 0 Å². The quantitative estimate of drug-likeness (QED) is 0.757. The summed E-state index contributed by atoms with van der Waals surface area (Å²) in [6.45, 7) is 5.84. The predicted molar refractivity (Wildman–Crippen MR) is 111 cm³/mol. The molecule has 3 unspecified atom stereocenters. The highest BCUT2D eigenvalue weighted by Gasteiger charge is 2.46. The summed E-state index contributed by atoms with van der Waals surface area (Å²) in [5.41, 5.74) is 3.00. The van der Waals surface area contributed by atoms with E-state index in [2.05, 4.69) is 34.1 Å². The van der Waals surface area contributed by atoms with Crippen molar-refractivity contribution >= 4 is 18.3 Å². The highest BCUT2D eigenvalue weighted by atomic mass is 35.5. The summed E-state index contributed by atoms with van der Waals surface area (Å²) in [5.74, 6) is 2.95. The summed E-state index contributed by atoms with van der Waals surface area (Å²) in [5, 5.41) is 0. The maximum atomic E-state index is 12.4. The molecule has 4 heteroatoms. The highest BCUT2D eigenvalue weighted by Crippen LogP contribution is 2.48. The van der Waals surface area contributed by atoms with E-state index < -0.39 is 0 Å². The van der Waals surface area contributed by atoms with E-state index in [9.17, 15) is 4.79 Å². The Morgan fingerprint density at radius 2 is 1.70 bits per heavy atom. The molecule has 2 aliphatic heterocycles. The van der Waals surface area contributed by atoms with Crippen molar-refractivity contribution in [3.8, 4) is 0 Å². The van der Waals surface area contributed by atoms with E-state index in [1.807, 2.05) is 0 Å². The molecule has 2 heterocycles. The number of hydrogen-bond donors (Lipinski definition) is 0. The SMILES string of the molecule is Cl.O=C(C1CC1)N1CC2CCC(c3ccc(CCN4CCCC4)cc3)C2C1. The second-order valence-electron chi connectivity index (χ2n) is 9.17. The summed E-state index contributed by atoms with van der Waals surface area (Å²) in [4.78, 5) is 17.2. The molecule has 2 saturated carbocycles. The van der Waals surface area contributed by atoms with Gasteiger partial charge in [0, 0.05) is 25.6 Å². The minimum Gasteiger partial charge on any atom is -0.342 e. The number of hydrogen-bond acceptors (Lipinski definition) is 2. The number of carbonyl (C=O) groups excluding carboxylic acids is 1. The van der Waals surface area contributed by atoms with E-state index in [1.54, 1.807) is 0 Å². The maximum absolute atomic E-state index is 12.4. The van der Waals surface area contributed by atoms with Crippen molar-refractivity contribution in [2.75, 3.05) is 32.7 Å². The number of halogens is 1. The van der Waals surface area contributed by atoms with Crippen molar-refractivity contribution in [1.29, 1.82) is 0 Å². The third-order valence-corrected chi connectivity index (χ3v) is 7.42. The van der Waals surface area contributed by atoms with Gasteiger partial charge in [0.05, 0.1) is 0 Å². The zero-order valence-electron chi connectivity index (χ0n) is 16.3. The van der Waals surface area contributed by atoms with Gasteiger partial charge in [-0.25, -0.2) is 0 Å². The first kappa shape index (κ1) is 19.3. The minimum atomic E-state index is 0. The molecule has 0 bridgehead atoms. The second kappa shape index (κ2) is 8.13. The number of fused-ring (bicyclic) bond motifs is 1. The Bertz CT molecular complexity index is 651. The monoisotopic (exact) mass is 388 g/mol. The molecule has 3 atom stereocenters. The molecule has 27 heavy (non-hydrogen) atoms. The fourth-order valence-corrected chi connectivity index (χ4v) is 5.67. The van der Waals surface area contributed by atoms with Crippen molar-refractivity contribution in [2.45, 2.75) is 50.9 Å². The molecular weight excluding hydrogens is 356 g/mol. The molecule has 148 valence electrons. The van der Waals surface area contributed by atoms with Gasteiger partial charge in [-0.1, -0.05) is 24.3 Å². The van der Waals surface area contributed by atoms with Gasteiger partial charge < -0.3 is 9.80 Å². The van der Waals surface area contributed by atoms with Crippen LogP contribution in [-0.2, 0) is 11.2 Å². The largest absolute Gasteiger partial charge is 0.342 e. The van der Waals surface area contributed by atoms with Crippen molar-refractivity contribution in [3.05, 3.63) is 35.4 Å². The van der Waals surface area contributed by atoms with Crippen molar-refractivity contribution in [2.24, 2.45) is 17.8 Å². The Morgan fingerprint density at radius 1 is 0.963 bits per heavy atom. The lowest BCUT2D eigenvalue weighted by atomic mass is 9.86. The summed E-state index contributed by atoms with van der Waals surface area (Å²) < 4.78 is 0. The second-order valence-corrected chi connectivity index (χ2v) is 9.17. The van der Waals surface area contributed by atoms with Crippen molar-refractivity contribution in [3.63, 3.8) is 0 Å². The zero-order valence-corrected chi connectivity index (χ0v) is 17.1. The van der Waals surface area contributed by atoms with Crippen LogP contribution in [0.1, 0.15) is 55.6 Å². The first-order valence-electron chi connectivity index (χ1n) is 10.9. The average Bonchev–Trinajstić information content (AvgIpc) is 3.06. The molecule has 5 rings (SSSR count). The molecule has 2 saturated heterocycles. The molecule has 4 fully saturated rings. The van der Waals surface area contributed by atoms with Crippen LogP contribution < -0.4 is 0 Å². The molecular formula is C23H33ClN2O. The van der Waals surface area contributed by atoms with Gasteiger partial charge >= 0.3 is 0 Å². The fraction of sp³-hybridized carbons (Fsp3) is 0.696. The summed E-state index contributed by atoms with van der Waals surface area (Å²) >= 11 is 0. The topological polar surface area (TPSA) is 23.6 Å². The molecule has 4 aliphatic rings. The third kappa shape index (κ3) is 4.05. The molecule has 1 aromatic carbocycles. The van der Waals surface area contributed by atoms with Gasteiger partial charge in [-0.3, -0.25) is 4.79 Å². The molecule has 1 amide bonds. The molecule has 0 radical (unpaired) electrons. The summed E-state index contributed by atoms with van der Waals surface area (Å²) in [6.07, 6.45) is 8.82. The van der Waals surface area contributed by atoms with E-state index >= 15 is 0 Å². The zero-order chi connectivity index (χ0) is 17.5. The number of nitrogens with zero attached hydrogens (tertiary/aromatic N) is 2. The molecule has 3 nitrogen and oxygen atoms in total. The molecule has 0 aromatic heterocycles. The first-order valence-corrected chi connectivity index (χ1v) is 10.9. The standard InChI is InChI=1S/C23H32N2O.ClH/c26-23(19-7-8-19)25-15-20-9-10-21(22(20)16-25)18-5-3-17(4-6-18)11-14-24-12-1-2-13-24;/h3-6,19-22H,1-2,7-16H2;1H. The van der Waals surface area contributed by atoms with Crippen molar-refractivity contribution in [1.82, 2.24) is 9.80 Å². The van der Waals surface area contributed by atoms with Gasteiger partial charge in [-0.2, -0.15) is 0 Å². The van der Waals surface area contributed by atoms with Crippen LogP contribution in [0.5, 0.6) is 0 Å². The third-order valence-electron chi connectivity index (χ3n) is 7.42. The van der Waals surface area contributed by atoms with E-state index in [-0.39, 0.29) is 12.4 Å². The van der Waals surface area contributed by atoms with Gasteiger partial charge in [0.25, 0.3) is 0 Å². The van der Waals surface area contributed by atoms with Crippen molar-refractivity contribution < 1.29 is 4.79 Å². The number of rotatable bonds is 5. The Labute approximate surface area is 169 Å². The van der Waals surface area contributed by atoms with Gasteiger partial charge in [0.1, 0.15) is 0 Å². The normalized spacial score (nSPS) is 30.4. The molecule has 0 spiro atoms. The number of carbonyl (C=O) groups is 1. The van der Waals surface area contributed by atoms with Crippen LogP contribution >= 0.6 is 12.4 Å². The average molecular weight is 389 g/mol. The van der Waals surface area contributed by atoms with Gasteiger partial charge in [0.2, 0.25) is 5.91 Å². The lowest BCUT2D eigenvalue weighted by molar-refractivity contribution is -0.131. The number of amides is 1. The summed E-state index contributed by atoms with van der Waals surface area (Å²) in [7, 11) is 0.